The molecule has 0 aromatic heterocycles. The molecule has 0 spiro atoms. The highest BCUT2D eigenvalue weighted by molar-refractivity contribution is 9.10. The molecule has 4 nitrogen and oxygen atoms in total. The van der Waals surface area contributed by atoms with Crippen molar-refractivity contribution >= 4 is 50.6 Å². The van der Waals surface area contributed by atoms with E-state index in [0.717, 1.165) is 21.8 Å². The smallest absolute Gasteiger partial charge is 0.298 e. The van der Waals surface area contributed by atoms with Crippen LogP contribution in [0.15, 0.2) is 57.9 Å². The minimum absolute atomic E-state index is 0.175. The van der Waals surface area contributed by atoms with Crippen LogP contribution in [0.2, 0.25) is 0 Å². The van der Waals surface area contributed by atoms with E-state index in [0.29, 0.717) is 16.3 Å². The molecule has 1 heterocycles. The van der Waals surface area contributed by atoms with Crippen LogP contribution in [0.25, 0.3) is 6.08 Å². The third-order valence-corrected chi connectivity index (χ3v) is 4.86. The topological polar surface area (TPSA) is 46.6 Å². The molecule has 0 aliphatic carbocycles. The fourth-order valence-electron chi connectivity index (χ4n) is 2.26. The quantitative estimate of drug-likeness (QED) is 0.538. The average molecular weight is 414 g/mol. The molecule has 0 radical (unpaired) electrons. The first-order chi connectivity index (χ1) is 12.1. The Hall–Kier alpha value is -2.49. The molecular formula is C19H12BrNO3S. The van der Waals surface area contributed by atoms with E-state index in [1.165, 1.54) is 4.90 Å². The van der Waals surface area contributed by atoms with Crippen molar-refractivity contribution in [3.8, 4) is 18.1 Å². The number of carbonyl (C=O) groups is 2. The minimum atomic E-state index is -0.329. The normalized spacial score (nSPS) is 15.5. The van der Waals surface area contributed by atoms with Crippen LogP contribution in [-0.4, -0.2) is 17.8 Å². The van der Waals surface area contributed by atoms with Crippen molar-refractivity contribution in [2.75, 3.05) is 11.5 Å². The summed E-state index contributed by atoms with van der Waals surface area (Å²) in [6, 6.07) is 14.2. The molecule has 1 aliphatic rings. The summed E-state index contributed by atoms with van der Waals surface area (Å²) < 4.78 is 6.11. The number of para-hydroxylation sites is 1. The van der Waals surface area contributed by atoms with E-state index in [-0.39, 0.29) is 17.8 Å². The summed E-state index contributed by atoms with van der Waals surface area (Å²) in [5, 5.41) is -0.310. The number of halogens is 1. The van der Waals surface area contributed by atoms with Crippen molar-refractivity contribution < 1.29 is 14.3 Å². The van der Waals surface area contributed by atoms with Gasteiger partial charge in [-0.05, 0) is 63.6 Å². The minimum Gasteiger partial charge on any atom is -0.480 e. The monoisotopic (exact) mass is 413 g/mol. The molecule has 2 aromatic rings. The average Bonchev–Trinajstić information content (AvgIpc) is 2.88. The standard InChI is InChI=1S/C19H12BrNO3S/c1-2-10-24-16-9-8-13(11-15(16)20)12-17-18(22)21(19(23)25-17)14-6-4-3-5-7-14/h1,3-9,11-12H,10H2/b17-12-. The molecule has 0 bridgehead atoms. The number of terminal acetylenes is 1. The van der Waals surface area contributed by atoms with Gasteiger partial charge >= 0.3 is 0 Å². The molecule has 2 aromatic carbocycles. The van der Waals surface area contributed by atoms with Gasteiger partial charge in [0.1, 0.15) is 12.4 Å². The lowest BCUT2D eigenvalue weighted by Crippen LogP contribution is -2.27. The first-order valence-electron chi connectivity index (χ1n) is 7.29. The number of amides is 2. The van der Waals surface area contributed by atoms with Crippen molar-refractivity contribution in [2.45, 2.75) is 0 Å². The summed E-state index contributed by atoms with van der Waals surface area (Å²) in [6.45, 7) is 0.175. The van der Waals surface area contributed by atoms with Crippen LogP contribution in [0.5, 0.6) is 5.75 Å². The second kappa shape index (κ2) is 7.60. The van der Waals surface area contributed by atoms with Crippen molar-refractivity contribution in [1.82, 2.24) is 0 Å². The van der Waals surface area contributed by atoms with E-state index < -0.39 is 0 Å². The molecule has 1 saturated heterocycles. The maximum atomic E-state index is 12.6. The number of ether oxygens (including phenoxy) is 1. The van der Waals surface area contributed by atoms with E-state index in [4.69, 9.17) is 11.2 Å². The molecule has 3 rings (SSSR count). The predicted octanol–water partition coefficient (Wildman–Crippen LogP) is 4.70. The second-order valence-electron chi connectivity index (χ2n) is 5.04. The van der Waals surface area contributed by atoms with Gasteiger partial charge in [-0.1, -0.05) is 30.2 Å². The lowest BCUT2D eigenvalue weighted by Gasteiger charge is -2.11. The number of hydrogen-bond donors (Lipinski definition) is 0. The van der Waals surface area contributed by atoms with Crippen LogP contribution in [0.3, 0.4) is 0 Å². The van der Waals surface area contributed by atoms with Crippen molar-refractivity contribution in [1.29, 1.82) is 0 Å². The fourth-order valence-corrected chi connectivity index (χ4v) is 3.61. The van der Waals surface area contributed by atoms with Gasteiger partial charge < -0.3 is 4.74 Å². The number of carbonyl (C=O) groups excluding carboxylic acids is 2. The zero-order valence-corrected chi connectivity index (χ0v) is 15.3. The van der Waals surface area contributed by atoms with Crippen LogP contribution in [0, 0.1) is 12.3 Å². The number of benzene rings is 2. The number of anilines is 1. The summed E-state index contributed by atoms with van der Waals surface area (Å²) in [4.78, 5) is 26.3. The second-order valence-corrected chi connectivity index (χ2v) is 6.88. The largest absolute Gasteiger partial charge is 0.480 e. The van der Waals surface area contributed by atoms with Gasteiger partial charge in [-0.15, -0.1) is 6.42 Å². The molecule has 6 heteroatoms. The van der Waals surface area contributed by atoms with Gasteiger partial charge in [0.25, 0.3) is 11.1 Å². The lowest BCUT2D eigenvalue weighted by molar-refractivity contribution is -0.113. The maximum Gasteiger partial charge on any atom is 0.298 e. The zero-order valence-electron chi connectivity index (χ0n) is 12.9. The summed E-state index contributed by atoms with van der Waals surface area (Å²) in [6.07, 6.45) is 6.86. The Labute approximate surface area is 158 Å². The number of thioether (sulfide) groups is 1. The summed E-state index contributed by atoms with van der Waals surface area (Å²) in [5.41, 5.74) is 1.34. The van der Waals surface area contributed by atoms with E-state index in [2.05, 4.69) is 21.9 Å². The summed E-state index contributed by atoms with van der Waals surface area (Å²) in [5.74, 6) is 2.69. The number of nitrogens with zero attached hydrogens (tertiary/aromatic N) is 1. The highest BCUT2D eigenvalue weighted by Crippen LogP contribution is 2.36. The van der Waals surface area contributed by atoms with Gasteiger partial charge in [0, 0.05) is 0 Å². The van der Waals surface area contributed by atoms with E-state index in [1.54, 1.807) is 42.5 Å². The van der Waals surface area contributed by atoms with E-state index in [1.807, 2.05) is 12.1 Å². The van der Waals surface area contributed by atoms with Crippen molar-refractivity contribution in [3.05, 3.63) is 63.5 Å². The highest BCUT2D eigenvalue weighted by Gasteiger charge is 2.36. The van der Waals surface area contributed by atoms with Crippen molar-refractivity contribution in [2.24, 2.45) is 0 Å². The van der Waals surface area contributed by atoms with E-state index >= 15 is 0 Å². The summed E-state index contributed by atoms with van der Waals surface area (Å²) in [7, 11) is 0. The zero-order chi connectivity index (χ0) is 17.8. The Bertz CT molecular complexity index is 903. The van der Waals surface area contributed by atoms with Gasteiger partial charge in [0.2, 0.25) is 0 Å². The molecule has 0 atom stereocenters. The molecular weight excluding hydrogens is 402 g/mol. The highest BCUT2D eigenvalue weighted by atomic mass is 79.9. The molecule has 2 amide bonds. The Morgan fingerprint density at radius 2 is 1.96 bits per heavy atom. The first kappa shape index (κ1) is 17.3. The third-order valence-electron chi connectivity index (χ3n) is 3.37. The first-order valence-corrected chi connectivity index (χ1v) is 8.90. The van der Waals surface area contributed by atoms with Crippen molar-refractivity contribution in [3.63, 3.8) is 0 Å². The van der Waals surface area contributed by atoms with E-state index in [9.17, 15) is 9.59 Å². The number of rotatable bonds is 4. The molecule has 0 unspecified atom stereocenters. The van der Waals surface area contributed by atoms with Gasteiger partial charge in [-0.3, -0.25) is 9.59 Å². The Morgan fingerprint density at radius 1 is 1.20 bits per heavy atom. The third kappa shape index (κ3) is 3.78. The van der Waals surface area contributed by atoms with Gasteiger partial charge in [0.05, 0.1) is 15.1 Å². The lowest BCUT2D eigenvalue weighted by atomic mass is 10.2. The van der Waals surface area contributed by atoms with Crippen LogP contribution in [-0.2, 0) is 4.79 Å². The van der Waals surface area contributed by atoms with Crippen LogP contribution in [0.4, 0.5) is 10.5 Å². The molecule has 25 heavy (non-hydrogen) atoms. The Balaban J connectivity index is 1.85. The summed E-state index contributed by atoms with van der Waals surface area (Å²) >= 11 is 4.33. The molecule has 124 valence electrons. The number of hydrogen-bond acceptors (Lipinski definition) is 4. The van der Waals surface area contributed by atoms with Gasteiger partial charge in [-0.2, -0.15) is 0 Å². The predicted molar refractivity (Wildman–Crippen MR) is 103 cm³/mol. The SMILES string of the molecule is C#CCOc1ccc(/C=C2\SC(=O)N(c3ccccc3)C2=O)cc1Br. The molecule has 1 aliphatic heterocycles. The Morgan fingerprint density at radius 3 is 2.64 bits per heavy atom. The van der Waals surface area contributed by atoms with Gasteiger partial charge in [0.15, 0.2) is 0 Å². The van der Waals surface area contributed by atoms with Crippen LogP contribution in [0.1, 0.15) is 5.56 Å². The fraction of sp³-hybridized carbons (Fsp3) is 0.0526. The maximum absolute atomic E-state index is 12.6. The number of imide groups is 1. The molecule has 1 fully saturated rings. The van der Waals surface area contributed by atoms with Gasteiger partial charge in [-0.25, -0.2) is 4.90 Å². The van der Waals surface area contributed by atoms with Crippen LogP contribution >= 0.6 is 27.7 Å². The Kier molecular flexibility index (Phi) is 5.27. The van der Waals surface area contributed by atoms with Crippen LogP contribution < -0.4 is 9.64 Å². The molecule has 0 saturated carbocycles. The molecule has 0 N–H and O–H groups in total.